The summed E-state index contributed by atoms with van der Waals surface area (Å²) in [6.45, 7) is 5.08. The Morgan fingerprint density at radius 1 is 1.34 bits per heavy atom. The summed E-state index contributed by atoms with van der Waals surface area (Å²) in [5.74, 6) is -4.05. The van der Waals surface area contributed by atoms with Crippen molar-refractivity contribution < 1.29 is 28.2 Å². The summed E-state index contributed by atoms with van der Waals surface area (Å²) in [6, 6.07) is 8.89. The second-order valence-corrected chi connectivity index (χ2v) is 7.00. The largest absolute Gasteiger partial charge is 0.464 e. The van der Waals surface area contributed by atoms with E-state index >= 15 is 4.39 Å². The number of carbonyl (C=O) groups excluding carboxylic acids is 2. The minimum Gasteiger partial charge on any atom is -0.464 e. The molecule has 0 aliphatic heterocycles. The van der Waals surface area contributed by atoms with Gasteiger partial charge in [0.1, 0.15) is 6.61 Å². The molecule has 0 N–H and O–H groups in total. The van der Waals surface area contributed by atoms with E-state index in [1.165, 1.54) is 6.08 Å². The predicted molar refractivity (Wildman–Crippen MR) is 100 cm³/mol. The minimum absolute atomic E-state index is 0.00664. The topological polar surface area (TPSA) is 111 Å². The zero-order valence-electron chi connectivity index (χ0n) is 16.0. The van der Waals surface area contributed by atoms with Gasteiger partial charge in [-0.1, -0.05) is 41.5 Å². The van der Waals surface area contributed by atoms with Gasteiger partial charge in [-0.3, -0.25) is 4.79 Å². The van der Waals surface area contributed by atoms with Crippen LogP contribution in [-0.4, -0.2) is 42.5 Å². The normalized spacial score (nSPS) is 31.9. The third kappa shape index (κ3) is 3.36. The van der Waals surface area contributed by atoms with Crippen LogP contribution in [0.3, 0.4) is 0 Å². The molecule has 0 unspecified atom stereocenters. The van der Waals surface area contributed by atoms with Crippen molar-refractivity contribution in [1.82, 2.24) is 0 Å². The van der Waals surface area contributed by atoms with E-state index in [1.54, 1.807) is 31.2 Å². The van der Waals surface area contributed by atoms with Gasteiger partial charge < -0.3 is 14.2 Å². The van der Waals surface area contributed by atoms with Crippen molar-refractivity contribution in [2.24, 2.45) is 17.0 Å². The number of rotatable bonds is 9. The summed E-state index contributed by atoms with van der Waals surface area (Å²) >= 11 is 0. The number of halogens is 1. The van der Waals surface area contributed by atoms with Crippen LogP contribution in [0.25, 0.3) is 10.4 Å². The van der Waals surface area contributed by atoms with Crippen molar-refractivity contribution in [3.8, 4) is 0 Å². The third-order valence-corrected chi connectivity index (χ3v) is 5.47. The number of nitrogens with zero attached hydrogens (tertiary/aromatic N) is 3. The van der Waals surface area contributed by atoms with Crippen molar-refractivity contribution in [1.29, 1.82) is 0 Å². The fraction of sp³-hybridized carbons (Fsp3) is 0.500. The number of hydrogen-bond donors (Lipinski definition) is 0. The molecule has 29 heavy (non-hydrogen) atoms. The Balaban J connectivity index is 1.91. The quantitative estimate of drug-likeness (QED) is 0.207. The lowest BCUT2D eigenvalue weighted by molar-refractivity contribution is -0.163. The standard InChI is InChI=1S/C20H22FN3O5/c1-3-10-28-15-11-14-16(19(14,21)17(25)27-4-2)20(15,23-24-22)18(26)29-12-13-8-6-5-7-9-13/h3,5-9,14-16H,1,4,10-12H2,2H3/t14-,15-,16+,19-,20+/m1/s1. The number of fused-ring (bicyclic) bond motifs is 1. The van der Waals surface area contributed by atoms with Gasteiger partial charge in [0, 0.05) is 16.7 Å². The maximum atomic E-state index is 15.5. The van der Waals surface area contributed by atoms with Crippen LogP contribution in [0.1, 0.15) is 18.9 Å². The predicted octanol–water partition coefficient (Wildman–Crippen LogP) is 3.27. The Bertz CT molecular complexity index is 844. The van der Waals surface area contributed by atoms with E-state index in [1.807, 2.05) is 6.07 Å². The van der Waals surface area contributed by atoms with Crippen LogP contribution >= 0.6 is 0 Å². The molecule has 0 amide bonds. The second-order valence-electron chi connectivity index (χ2n) is 7.00. The highest BCUT2D eigenvalue weighted by Crippen LogP contribution is 2.69. The lowest BCUT2D eigenvalue weighted by Gasteiger charge is -2.32. The van der Waals surface area contributed by atoms with Crippen LogP contribution in [0.2, 0.25) is 0 Å². The number of azide groups is 1. The summed E-state index contributed by atoms with van der Waals surface area (Å²) in [5, 5.41) is 3.66. The number of alkyl halides is 1. The first-order chi connectivity index (χ1) is 14.0. The molecular weight excluding hydrogens is 381 g/mol. The fourth-order valence-corrected chi connectivity index (χ4v) is 4.21. The highest BCUT2D eigenvalue weighted by molar-refractivity contribution is 5.92. The van der Waals surface area contributed by atoms with Gasteiger partial charge in [-0.15, -0.1) is 6.58 Å². The molecule has 2 fully saturated rings. The molecule has 1 aromatic carbocycles. The first-order valence-electron chi connectivity index (χ1n) is 9.32. The maximum Gasteiger partial charge on any atom is 0.344 e. The molecule has 0 radical (unpaired) electrons. The van der Waals surface area contributed by atoms with Gasteiger partial charge in [-0.25, -0.2) is 9.18 Å². The molecule has 154 valence electrons. The molecule has 9 heteroatoms. The number of carbonyl (C=O) groups is 2. The first kappa shape index (κ1) is 20.8. The van der Waals surface area contributed by atoms with E-state index in [2.05, 4.69) is 16.6 Å². The molecule has 5 atom stereocenters. The van der Waals surface area contributed by atoms with Crippen LogP contribution in [0.4, 0.5) is 4.39 Å². The van der Waals surface area contributed by atoms with Crippen LogP contribution in [-0.2, 0) is 30.4 Å². The van der Waals surface area contributed by atoms with Gasteiger partial charge in [-0.05, 0) is 24.4 Å². The molecule has 8 nitrogen and oxygen atoms in total. The van der Waals surface area contributed by atoms with Gasteiger partial charge in [0.25, 0.3) is 0 Å². The zero-order chi connectivity index (χ0) is 21.1. The average Bonchev–Trinajstić information content (AvgIpc) is 3.17. The molecule has 0 heterocycles. The van der Waals surface area contributed by atoms with Gasteiger partial charge in [0.2, 0.25) is 5.67 Å². The van der Waals surface area contributed by atoms with Crippen molar-refractivity contribution in [3.05, 3.63) is 59.0 Å². The molecule has 2 aliphatic rings. The second kappa shape index (κ2) is 8.23. The van der Waals surface area contributed by atoms with Gasteiger partial charge in [0.15, 0.2) is 5.54 Å². The lowest BCUT2D eigenvalue weighted by Crippen LogP contribution is -2.53. The smallest absolute Gasteiger partial charge is 0.344 e. The van der Waals surface area contributed by atoms with Crippen molar-refractivity contribution in [3.63, 3.8) is 0 Å². The summed E-state index contributed by atoms with van der Waals surface area (Å²) < 4.78 is 31.3. The van der Waals surface area contributed by atoms with E-state index in [0.717, 1.165) is 0 Å². The van der Waals surface area contributed by atoms with E-state index in [0.29, 0.717) is 5.56 Å². The number of hydrogen-bond acceptors (Lipinski definition) is 6. The Morgan fingerprint density at radius 3 is 2.69 bits per heavy atom. The molecule has 0 aromatic heterocycles. The third-order valence-electron chi connectivity index (χ3n) is 5.47. The van der Waals surface area contributed by atoms with Crippen molar-refractivity contribution in [2.75, 3.05) is 13.2 Å². The Morgan fingerprint density at radius 2 is 2.07 bits per heavy atom. The molecule has 1 aromatic rings. The molecule has 0 bridgehead atoms. The lowest BCUT2D eigenvalue weighted by atomic mass is 9.87. The highest BCUT2D eigenvalue weighted by atomic mass is 19.1. The molecular formula is C20H22FN3O5. The maximum absolute atomic E-state index is 15.5. The number of ether oxygens (including phenoxy) is 3. The average molecular weight is 403 g/mol. The SMILES string of the molecule is C=CCO[C@@H]1C[C@@H]2[C@@H]([C@@]2(F)C(=O)OCC)[C@]1(N=[N+]=[N-])C(=O)OCc1ccccc1. The van der Waals surface area contributed by atoms with Gasteiger partial charge >= 0.3 is 11.9 Å². The Kier molecular flexibility index (Phi) is 5.91. The van der Waals surface area contributed by atoms with Crippen molar-refractivity contribution in [2.45, 2.75) is 37.3 Å². The molecule has 2 saturated carbocycles. The Labute approximate surface area is 167 Å². The number of esters is 2. The summed E-state index contributed by atoms with van der Waals surface area (Å²) in [7, 11) is 0. The fourth-order valence-electron chi connectivity index (χ4n) is 4.21. The zero-order valence-corrected chi connectivity index (χ0v) is 16.0. The van der Waals surface area contributed by atoms with Crippen LogP contribution < -0.4 is 0 Å². The number of benzene rings is 1. The first-order valence-corrected chi connectivity index (χ1v) is 9.32. The van der Waals surface area contributed by atoms with Crippen LogP contribution in [0, 0.1) is 11.8 Å². The van der Waals surface area contributed by atoms with E-state index < -0.39 is 41.1 Å². The van der Waals surface area contributed by atoms with Crippen LogP contribution in [0.15, 0.2) is 48.1 Å². The van der Waals surface area contributed by atoms with Crippen LogP contribution in [0.5, 0.6) is 0 Å². The van der Waals surface area contributed by atoms with Gasteiger partial charge in [-0.2, -0.15) is 0 Å². The molecule has 2 aliphatic carbocycles. The molecule has 0 spiro atoms. The summed E-state index contributed by atoms with van der Waals surface area (Å²) in [5.41, 5.74) is 5.45. The van der Waals surface area contributed by atoms with E-state index in [9.17, 15) is 9.59 Å². The monoisotopic (exact) mass is 403 g/mol. The van der Waals surface area contributed by atoms with Crippen molar-refractivity contribution >= 4 is 11.9 Å². The molecule has 0 saturated heterocycles. The van der Waals surface area contributed by atoms with E-state index in [-0.39, 0.29) is 26.2 Å². The van der Waals surface area contributed by atoms with E-state index in [4.69, 9.17) is 19.7 Å². The minimum atomic E-state index is -2.41. The highest BCUT2D eigenvalue weighted by Gasteiger charge is 2.86. The summed E-state index contributed by atoms with van der Waals surface area (Å²) in [4.78, 5) is 28.1. The summed E-state index contributed by atoms with van der Waals surface area (Å²) in [6.07, 6.45) is 0.550. The molecule has 3 rings (SSSR count). The Hall–Kier alpha value is -2.90. The van der Waals surface area contributed by atoms with Gasteiger partial charge in [0.05, 0.1) is 19.3 Å².